The monoisotopic (exact) mass is 255 g/mol. The van der Waals surface area contributed by atoms with Gasteiger partial charge in [-0.25, -0.2) is 0 Å². The first-order valence-electron chi connectivity index (χ1n) is 4.48. The lowest BCUT2D eigenvalue weighted by Gasteiger charge is -2.11. The van der Waals surface area contributed by atoms with Gasteiger partial charge in [0.1, 0.15) is 0 Å². The molecule has 0 bridgehead atoms. The molecule has 2 nitrogen and oxygen atoms in total. The summed E-state index contributed by atoms with van der Waals surface area (Å²) < 4.78 is 1.000. The molecule has 0 fully saturated rings. The van der Waals surface area contributed by atoms with E-state index >= 15 is 0 Å². The van der Waals surface area contributed by atoms with Gasteiger partial charge in [-0.2, -0.15) is 0 Å². The third-order valence-electron chi connectivity index (χ3n) is 2.34. The average Bonchev–Trinajstić information content (AvgIpc) is 2.14. The van der Waals surface area contributed by atoms with E-state index in [1.165, 1.54) is 0 Å². The number of halogens is 1. The van der Waals surface area contributed by atoms with Crippen LogP contribution in [0, 0.1) is 20.8 Å². The molecule has 0 aliphatic rings. The highest BCUT2D eigenvalue weighted by atomic mass is 79.9. The smallest absolute Gasteiger partial charge is 0.176 e. The van der Waals surface area contributed by atoms with Gasteiger partial charge in [0, 0.05) is 10.0 Å². The second kappa shape index (κ2) is 4.24. The number of aryl methyl sites for hydroxylation is 2. The summed E-state index contributed by atoms with van der Waals surface area (Å²) >= 11 is 3.47. The average molecular weight is 256 g/mol. The van der Waals surface area contributed by atoms with E-state index in [0.29, 0.717) is 0 Å². The summed E-state index contributed by atoms with van der Waals surface area (Å²) in [4.78, 5) is 11.6. The van der Waals surface area contributed by atoms with Gasteiger partial charge in [0.05, 0.1) is 6.54 Å². The molecule has 0 unspecified atom stereocenters. The fraction of sp³-hybridized carbons (Fsp3) is 0.364. The van der Waals surface area contributed by atoms with Crippen LogP contribution in [0.5, 0.6) is 0 Å². The van der Waals surface area contributed by atoms with Crippen molar-refractivity contribution in [2.24, 2.45) is 5.73 Å². The molecule has 1 aromatic rings. The van der Waals surface area contributed by atoms with Crippen molar-refractivity contribution in [3.05, 3.63) is 32.8 Å². The Kier molecular flexibility index (Phi) is 3.45. The Morgan fingerprint density at radius 1 is 1.36 bits per heavy atom. The molecular weight excluding hydrogens is 242 g/mol. The van der Waals surface area contributed by atoms with Gasteiger partial charge in [-0.1, -0.05) is 22.0 Å². The largest absolute Gasteiger partial charge is 0.324 e. The quantitative estimate of drug-likeness (QED) is 0.826. The minimum atomic E-state index is 0.000648. The van der Waals surface area contributed by atoms with Gasteiger partial charge in [0.2, 0.25) is 0 Å². The van der Waals surface area contributed by atoms with Gasteiger partial charge in [0.25, 0.3) is 0 Å². The van der Waals surface area contributed by atoms with Crippen molar-refractivity contribution >= 4 is 21.7 Å². The van der Waals surface area contributed by atoms with Crippen molar-refractivity contribution in [3.8, 4) is 0 Å². The van der Waals surface area contributed by atoms with Gasteiger partial charge >= 0.3 is 0 Å². The summed E-state index contributed by atoms with van der Waals surface area (Å²) in [5.74, 6) is 0.000648. The number of carbonyl (C=O) groups excluding carboxylic acids is 1. The predicted octanol–water partition coefficient (Wildman–Crippen LogP) is 2.52. The molecule has 3 heteroatoms. The van der Waals surface area contributed by atoms with Gasteiger partial charge < -0.3 is 5.73 Å². The fourth-order valence-electron chi connectivity index (χ4n) is 1.69. The van der Waals surface area contributed by atoms with Crippen LogP contribution in [0.2, 0.25) is 0 Å². The zero-order valence-electron chi connectivity index (χ0n) is 8.65. The molecule has 2 N–H and O–H groups in total. The minimum absolute atomic E-state index is 0.000648. The van der Waals surface area contributed by atoms with Gasteiger partial charge in [0.15, 0.2) is 5.78 Å². The van der Waals surface area contributed by atoms with Crippen LogP contribution in [-0.2, 0) is 0 Å². The molecule has 14 heavy (non-hydrogen) atoms. The second-order valence-electron chi connectivity index (χ2n) is 3.45. The van der Waals surface area contributed by atoms with E-state index < -0.39 is 0 Å². The lowest BCUT2D eigenvalue weighted by Crippen LogP contribution is -2.16. The van der Waals surface area contributed by atoms with Crippen molar-refractivity contribution in [2.45, 2.75) is 20.8 Å². The Morgan fingerprint density at radius 2 is 1.93 bits per heavy atom. The number of benzene rings is 1. The lowest BCUT2D eigenvalue weighted by molar-refractivity contribution is 0.1000. The molecule has 0 saturated heterocycles. The van der Waals surface area contributed by atoms with Crippen molar-refractivity contribution in [2.75, 3.05) is 6.54 Å². The van der Waals surface area contributed by atoms with E-state index in [1.54, 1.807) is 0 Å². The standard InChI is InChI=1S/C11H14BrNO/c1-6-4-7(2)11(12)8(3)10(6)9(14)5-13/h4H,5,13H2,1-3H3. The van der Waals surface area contributed by atoms with E-state index in [1.807, 2.05) is 26.8 Å². The number of nitrogens with two attached hydrogens (primary N) is 1. The summed E-state index contributed by atoms with van der Waals surface area (Å²) in [6, 6.07) is 2.00. The maximum atomic E-state index is 11.6. The maximum absolute atomic E-state index is 11.6. The second-order valence-corrected chi connectivity index (χ2v) is 4.24. The molecule has 0 radical (unpaired) electrons. The van der Waals surface area contributed by atoms with E-state index in [2.05, 4.69) is 15.9 Å². The molecule has 1 rings (SSSR count). The Morgan fingerprint density at radius 3 is 2.43 bits per heavy atom. The molecule has 0 saturated carbocycles. The number of Topliss-reactive ketones (excluding diaryl/α,β-unsaturated/α-hetero) is 1. The number of hydrogen-bond donors (Lipinski definition) is 1. The Bertz CT molecular complexity index is 385. The van der Waals surface area contributed by atoms with Crippen LogP contribution in [-0.4, -0.2) is 12.3 Å². The Labute approximate surface area is 92.6 Å². The van der Waals surface area contributed by atoms with E-state index in [0.717, 1.165) is 26.7 Å². The zero-order chi connectivity index (χ0) is 10.9. The molecule has 0 aliphatic carbocycles. The molecule has 0 heterocycles. The first-order valence-corrected chi connectivity index (χ1v) is 5.28. The summed E-state index contributed by atoms with van der Waals surface area (Å²) in [7, 11) is 0. The Hall–Kier alpha value is -0.670. The van der Waals surface area contributed by atoms with Gasteiger partial charge in [-0.15, -0.1) is 0 Å². The van der Waals surface area contributed by atoms with Crippen molar-refractivity contribution < 1.29 is 4.79 Å². The summed E-state index contributed by atoms with van der Waals surface area (Å²) in [6.07, 6.45) is 0. The molecular formula is C11H14BrNO. The van der Waals surface area contributed by atoms with Crippen LogP contribution < -0.4 is 5.73 Å². The zero-order valence-corrected chi connectivity index (χ0v) is 10.2. The van der Waals surface area contributed by atoms with Crippen LogP contribution in [0.4, 0.5) is 0 Å². The van der Waals surface area contributed by atoms with E-state index in [9.17, 15) is 4.79 Å². The van der Waals surface area contributed by atoms with Crippen molar-refractivity contribution in [1.29, 1.82) is 0 Å². The van der Waals surface area contributed by atoms with E-state index in [-0.39, 0.29) is 12.3 Å². The minimum Gasteiger partial charge on any atom is -0.324 e. The van der Waals surface area contributed by atoms with Crippen LogP contribution >= 0.6 is 15.9 Å². The van der Waals surface area contributed by atoms with Gasteiger partial charge in [-0.05, 0) is 37.5 Å². The molecule has 76 valence electrons. The van der Waals surface area contributed by atoms with Crippen LogP contribution in [0.1, 0.15) is 27.0 Å². The number of hydrogen-bond acceptors (Lipinski definition) is 2. The highest BCUT2D eigenvalue weighted by Crippen LogP contribution is 2.26. The highest BCUT2D eigenvalue weighted by Gasteiger charge is 2.14. The molecule has 1 aromatic carbocycles. The van der Waals surface area contributed by atoms with Crippen LogP contribution in [0.15, 0.2) is 10.5 Å². The topological polar surface area (TPSA) is 43.1 Å². The maximum Gasteiger partial charge on any atom is 0.176 e. The van der Waals surface area contributed by atoms with Crippen molar-refractivity contribution in [3.63, 3.8) is 0 Å². The predicted molar refractivity (Wildman–Crippen MR) is 61.7 cm³/mol. The Balaban J connectivity index is 3.44. The summed E-state index contributed by atoms with van der Waals surface area (Å²) in [5.41, 5.74) is 9.25. The molecule has 0 aliphatic heterocycles. The lowest BCUT2D eigenvalue weighted by atomic mass is 9.96. The van der Waals surface area contributed by atoms with Crippen LogP contribution in [0.25, 0.3) is 0 Å². The molecule has 0 aromatic heterocycles. The first kappa shape index (κ1) is 11.4. The summed E-state index contributed by atoms with van der Waals surface area (Å²) in [5, 5.41) is 0. The number of carbonyl (C=O) groups is 1. The summed E-state index contributed by atoms with van der Waals surface area (Å²) in [6.45, 7) is 5.96. The van der Waals surface area contributed by atoms with Gasteiger partial charge in [-0.3, -0.25) is 4.79 Å². The number of rotatable bonds is 2. The third-order valence-corrected chi connectivity index (χ3v) is 3.56. The molecule has 0 amide bonds. The van der Waals surface area contributed by atoms with Crippen LogP contribution in [0.3, 0.4) is 0 Å². The van der Waals surface area contributed by atoms with Crippen molar-refractivity contribution in [1.82, 2.24) is 0 Å². The first-order chi connectivity index (χ1) is 6.49. The SMILES string of the molecule is Cc1cc(C)c(C(=O)CN)c(C)c1Br. The third kappa shape index (κ3) is 1.88. The number of ketones is 1. The molecule has 0 atom stereocenters. The fourth-order valence-corrected chi connectivity index (χ4v) is 2.01. The van der Waals surface area contributed by atoms with E-state index in [4.69, 9.17) is 5.73 Å². The highest BCUT2D eigenvalue weighted by molar-refractivity contribution is 9.10. The molecule has 0 spiro atoms. The normalized spacial score (nSPS) is 10.4.